The minimum Gasteiger partial charge on any atom is -0.489 e. The lowest BCUT2D eigenvalue weighted by Gasteiger charge is -2.14. The van der Waals surface area contributed by atoms with Gasteiger partial charge in [-0.05, 0) is 26.0 Å². The highest BCUT2D eigenvalue weighted by Crippen LogP contribution is 2.26. The first-order valence-electron chi connectivity index (χ1n) is 6.42. The van der Waals surface area contributed by atoms with Crippen molar-refractivity contribution in [3.63, 3.8) is 0 Å². The molecule has 0 amide bonds. The third-order valence-corrected chi connectivity index (χ3v) is 2.65. The molecule has 5 heteroatoms. The number of hydrogen-bond donors (Lipinski definition) is 3. The number of nitrogens with one attached hydrogen (secondary N) is 2. The summed E-state index contributed by atoms with van der Waals surface area (Å²) in [6, 6.07) is 5.74. The molecule has 102 valence electrons. The third-order valence-electron chi connectivity index (χ3n) is 2.65. The van der Waals surface area contributed by atoms with Gasteiger partial charge in [-0.3, -0.25) is 0 Å². The molecule has 1 heterocycles. The smallest absolute Gasteiger partial charge is 0.144 e. The van der Waals surface area contributed by atoms with E-state index >= 15 is 0 Å². The van der Waals surface area contributed by atoms with Crippen molar-refractivity contribution in [2.24, 2.45) is 0 Å². The number of rotatable bonds is 6. The number of nitrogen functional groups attached to an aromatic ring is 1. The van der Waals surface area contributed by atoms with Crippen molar-refractivity contribution in [3.05, 3.63) is 36.4 Å². The number of H-pyrrole nitrogens is 1. The Hall–Kier alpha value is -2.17. The maximum absolute atomic E-state index is 5.88. The van der Waals surface area contributed by atoms with E-state index in [0.29, 0.717) is 5.69 Å². The molecule has 0 fully saturated rings. The SMILES string of the molecule is CC(C)Oc1cc(NCCc2cnc[nH]2)ccc1N. The second-order valence-corrected chi connectivity index (χ2v) is 4.67. The summed E-state index contributed by atoms with van der Waals surface area (Å²) in [5.74, 6) is 0.724. The van der Waals surface area contributed by atoms with E-state index in [0.717, 1.165) is 30.1 Å². The molecular weight excluding hydrogens is 240 g/mol. The molecule has 1 aromatic heterocycles. The fourth-order valence-corrected chi connectivity index (χ4v) is 1.76. The van der Waals surface area contributed by atoms with E-state index in [9.17, 15) is 0 Å². The zero-order chi connectivity index (χ0) is 13.7. The van der Waals surface area contributed by atoms with Gasteiger partial charge in [-0.25, -0.2) is 4.98 Å². The lowest BCUT2D eigenvalue weighted by molar-refractivity contribution is 0.244. The fourth-order valence-electron chi connectivity index (χ4n) is 1.76. The number of nitrogens with zero attached hydrogens (tertiary/aromatic N) is 1. The van der Waals surface area contributed by atoms with Gasteiger partial charge in [0.15, 0.2) is 0 Å². The standard InChI is InChI=1S/C14H20N4O/c1-10(2)19-14-7-11(3-4-13(14)15)17-6-5-12-8-16-9-18-12/h3-4,7-10,17H,5-6,15H2,1-2H3,(H,16,18). The molecule has 0 spiro atoms. The van der Waals surface area contributed by atoms with Gasteiger partial charge in [0.1, 0.15) is 5.75 Å². The van der Waals surface area contributed by atoms with Gasteiger partial charge in [-0.2, -0.15) is 0 Å². The monoisotopic (exact) mass is 260 g/mol. The molecule has 1 aromatic carbocycles. The van der Waals surface area contributed by atoms with Crippen LogP contribution in [0.15, 0.2) is 30.7 Å². The van der Waals surface area contributed by atoms with Crippen LogP contribution in [0.4, 0.5) is 11.4 Å². The van der Waals surface area contributed by atoms with Crippen molar-refractivity contribution in [2.45, 2.75) is 26.4 Å². The van der Waals surface area contributed by atoms with Crippen molar-refractivity contribution < 1.29 is 4.74 Å². The van der Waals surface area contributed by atoms with Gasteiger partial charge < -0.3 is 20.8 Å². The summed E-state index contributed by atoms with van der Waals surface area (Å²) < 4.78 is 5.66. The van der Waals surface area contributed by atoms with Crippen LogP contribution in [0, 0.1) is 0 Å². The quantitative estimate of drug-likeness (QED) is 0.697. The molecule has 0 unspecified atom stereocenters. The molecule has 2 rings (SSSR count). The van der Waals surface area contributed by atoms with Crippen molar-refractivity contribution >= 4 is 11.4 Å². The largest absolute Gasteiger partial charge is 0.489 e. The molecule has 5 nitrogen and oxygen atoms in total. The number of aromatic amines is 1. The molecule has 0 aliphatic rings. The number of imidazole rings is 1. The summed E-state index contributed by atoms with van der Waals surface area (Å²) in [6.45, 7) is 4.79. The van der Waals surface area contributed by atoms with Gasteiger partial charge in [-0.1, -0.05) is 0 Å². The van der Waals surface area contributed by atoms with Crippen LogP contribution in [0.2, 0.25) is 0 Å². The van der Waals surface area contributed by atoms with E-state index < -0.39 is 0 Å². The number of anilines is 2. The third kappa shape index (κ3) is 3.91. The Morgan fingerprint density at radius 3 is 2.95 bits per heavy atom. The van der Waals surface area contributed by atoms with Crippen LogP contribution >= 0.6 is 0 Å². The summed E-state index contributed by atoms with van der Waals surface area (Å²) in [5, 5.41) is 3.34. The average molecular weight is 260 g/mol. The topological polar surface area (TPSA) is 76.0 Å². The molecule has 2 aromatic rings. The highest BCUT2D eigenvalue weighted by Gasteiger charge is 2.04. The molecule has 0 atom stereocenters. The minimum absolute atomic E-state index is 0.113. The molecule has 0 radical (unpaired) electrons. The summed E-state index contributed by atoms with van der Waals surface area (Å²) in [4.78, 5) is 7.06. The predicted octanol–water partition coefficient (Wildman–Crippen LogP) is 2.43. The van der Waals surface area contributed by atoms with Crippen LogP contribution in [-0.2, 0) is 6.42 Å². The van der Waals surface area contributed by atoms with Gasteiger partial charge in [-0.15, -0.1) is 0 Å². The Morgan fingerprint density at radius 1 is 1.42 bits per heavy atom. The van der Waals surface area contributed by atoms with Crippen LogP contribution in [0.3, 0.4) is 0 Å². The molecule has 0 bridgehead atoms. The number of benzene rings is 1. The van der Waals surface area contributed by atoms with E-state index in [1.54, 1.807) is 6.33 Å². The van der Waals surface area contributed by atoms with Crippen molar-refractivity contribution in [1.82, 2.24) is 9.97 Å². The van der Waals surface area contributed by atoms with Gasteiger partial charge in [0, 0.05) is 36.6 Å². The maximum Gasteiger partial charge on any atom is 0.144 e. The van der Waals surface area contributed by atoms with E-state index in [1.807, 2.05) is 38.2 Å². The van der Waals surface area contributed by atoms with E-state index in [4.69, 9.17) is 10.5 Å². The Morgan fingerprint density at radius 2 is 2.26 bits per heavy atom. The molecule has 0 aliphatic carbocycles. The molecule has 19 heavy (non-hydrogen) atoms. The van der Waals surface area contributed by atoms with Gasteiger partial charge in [0.05, 0.1) is 18.1 Å². The second-order valence-electron chi connectivity index (χ2n) is 4.67. The molecule has 0 saturated carbocycles. The number of nitrogens with two attached hydrogens (primary N) is 1. The van der Waals surface area contributed by atoms with Crippen LogP contribution < -0.4 is 15.8 Å². The summed E-state index contributed by atoms with van der Waals surface area (Å²) >= 11 is 0. The van der Waals surface area contributed by atoms with Crippen LogP contribution in [0.5, 0.6) is 5.75 Å². The Labute approximate surface area is 113 Å². The average Bonchev–Trinajstić information content (AvgIpc) is 2.86. The second kappa shape index (κ2) is 6.13. The number of ether oxygens (including phenoxy) is 1. The zero-order valence-corrected chi connectivity index (χ0v) is 11.3. The van der Waals surface area contributed by atoms with E-state index in [-0.39, 0.29) is 6.10 Å². The van der Waals surface area contributed by atoms with Crippen LogP contribution in [0.25, 0.3) is 0 Å². The first kappa shape index (κ1) is 13.3. The van der Waals surface area contributed by atoms with Crippen molar-refractivity contribution in [1.29, 1.82) is 0 Å². The normalized spacial score (nSPS) is 10.7. The van der Waals surface area contributed by atoms with Gasteiger partial charge in [0.25, 0.3) is 0 Å². The van der Waals surface area contributed by atoms with Crippen molar-refractivity contribution in [2.75, 3.05) is 17.6 Å². The van der Waals surface area contributed by atoms with Crippen LogP contribution in [0.1, 0.15) is 19.5 Å². The Bertz CT molecular complexity index is 508. The highest BCUT2D eigenvalue weighted by atomic mass is 16.5. The Balaban J connectivity index is 1.93. The maximum atomic E-state index is 5.88. The molecule has 4 N–H and O–H groups in total. The molecular formula is C14H20N4O. The van der Waals surface area contributed by atoms with Gasteiger partial charge in [0.2, 0.25) is 0 Å². The summed E-state index contributed by atoms with van der Waals surface area (Å²) in [5.41, 5.74) is 8.65. The highest BCUT2D eigenvalue weighted by molar-refractivity contribution is 5.61. The van der Waals surface area contributed by atoms with Crippen LogP contribution in [-0.4, -0.2) is 22.6 Å². The summed E-state index contributed by atoms with van der Waals surface area (Å²) in [7, 11) is 0. The minimum atomic E-state index is 0.113. The first-order chi connectivity index (χ1) is 9.15. The fraction of sp³-hybridized carbons (Fsp3) is 0.357. The van der Waals surface area contributed by atoms with E-state index in [2.05, 4.69) is 15.3 Å². The summed E-state index contributed by atoms with van der Waals surface area (Å²) in [6.07, 6.45) is 4.53. The van der Waals surface area contributed by atoms with Gasteiger partial charge >= 0.3 is 0 Å². The lowest BCUT2D eigenvalue weighted by atomic mass is 10.2. The predicted molar refractivity (Wildman–Crippen MR) is 77.4 cm³/mol. The van der Waals surface area contributed by atoms with E-state index in [1.165, 1.54) is 0 Å². The first-order valence-corrected chi connectivity index (χ1v) is 6.42. The lowest BCUT2D eigenvalue weighted by Crippen LogP contribution is -2.09. The van der Waals surface area contributed by atoms with Crippen molar-refractivity contribution in [3.8, 4) is 5.75 Å². The number of aromatic nitrogens is 2. The molecule has 0 aliphatic heterocycles. The Kier molecular flexibility index (Phi) is 4.28. The zero-order valence-electron chi connectivity index (χ0n) is 11.3. The molecule has 0 saturated heterocycles. The number of hydrogen-bond acceptors (Lipinski definition) is 4.